The van der Waals surface area contributed by atoms with Crippen molar-refractivity contribution in [3.63, 3.8) is 0 Å². The Bertz CT molecular complexity index is 357. The van der Waals surface area contributed by atoms with Crippen LogP contribution >= 0.6 is 0 Å². The van der Waals surface area contributed by atoms with Gasteiger partial charge in [0.1, 0.15) is 5.60 Å². The quantitative estimate of drug-likeness (QED) is 0.528. The lowest BCUT2D eigenvalue weighted by Gasteiger charge is -2.23. The first-order chi connectivity index (χ1) is 9.17. The number of aliphatic imine (C=N–C) groups is 1. The maximum absolute atomic E-state index is 11.8. The van der Waals surface area contributed by atoms with E-state index in [1.54, 1.807) is 0 Å². The van der Waals surface area contributed by atoms with E-state index in [4.69, 9.17) is 10.5 Å². The van der Waals surface area contributed by atoms with Crippen molar-refractivity contribution in [2.45, 2.75) is 65.1 Å². The van der Waals surface area contributed by atoms with Crippen molar-refractivity contribution in [2.75, 3.05) is 6.54 Å². The Morgan fingerprint density at radius 2 is 1.95 bits per heavy atom. The van der Waals surface area contributed by atoms with Crippen molar-refractivity contribution in [2.24, 2.45) is 16.6 Å². The minimum absolute atomic E-state index is 0.00244. The fourth-order valence-corrected chi connectivity index (χ4v) is 1.81. The summed E-state index contributed by atoms with van der Waals surface area (Å²) in [6.07, 6.45) is 1.85. The van der Waals surface area contributed by atoms with Crippen LogP contribution in [0.2, 0.25) is 0 Å². The van der Waals surface area contributed by atoms with Gasteiger partial charge in [0.25, 0.3) is 0 Å². The highest BCUT2D eigenvalue weighted by atomic mass is 16.6. The van der Waals surface area contributed by atoms with Gasteiger partial charge in [0.15, 0.2) is 5.96 Å². The molecule has 1 fully saturated rings. The highest BCUT2D eigenvalue weighted by molar-refractivity contribution is 5.78. The largest absolute Gasteiger partial charge is 0.444 e. The normalized spacial score (nSPS) is 17.8. The average Bonchev–Trinajstić information content (AvgIpc) is 3.03. The van der Waals surface area contributed by atoms with Crippen LogP contribution in [0.15, 0.2) is 4.99 Å². The van der Waals surface area contributed by atoms with Gasteiger partial charge in [-0.05, 0) is 53.4 Å². The molecule has 1 aliphatic rings. The molecule has 0 aromatic rings. The number of hydrogen-bond acceptors (Lipinski definition) is 3. The summed E-state index contributed by atoms with van der Waals surface area (Å²) in [5.41, 5.74) is 5.28. The second-order valence-electron chi connectivity index (χ2n) is 6.62. The number of ether oxygens (including phenoxy) is 1. The number of nitrogens with zero attached hydrogens (tertiary/aromatic N) is 1. The summed E-state index contributed by atoms with van der Waals surface area (Å²) in [7, 11) is 0. The lowest BCUT2D eigenvalue weighted by atomic mass is 10.2. The van der Waals surface area contributed by atoms with Gasteiger partial charge in [0.2, 0.25) is 0 Å². The molecule has 0 bridgehead atoms. The third kappa shape index (κ3) is 7.21. The van der Waals surface area contributed by atoms with Crippen LogP contribution in [0.3, 0.4) is 0 Å². The molecular weight excluding hydrogens is 256 g/mol. The highest BCUT2D eigenvalue weighted by Crippen LogP contribution is 2.32. The molecule has 1 rings (SSSR count). The van der Waals surface area contributed by atoms with E-state index in [0.29, 0.717) is 18.4 Å². The van der Waals surface area contributed by atoms with E-state index < -0.39 is 5.60 Å². The van der Waals surface area contributed by atoms with Gasteiger partial charge in [-0.25, -0.2) is 4.79 Å². The molecular formula is C14H28N4O2. The lowest BCUT2D eigenvalue weighted by molar-refractivity contribution is 0.0500. The number of nitrogens with two attached hydrogens (primary N) is 1. The maximum Gasteiger partial charge on any atom is 0.407 e. The molecule has 6 heteroatoms. The molecule has 4 N–H and O–H groups in total. The van der Waals surface area contributed by atoms with Gasteiger partial charge in [-0.1, -0.05) is 0 Å². The second kappa shape index (κ2) is 6.81. The summed E-state index contributed by atoms with van der Waals surface area (Å²) in [4.78, 5) is 16.1. The molecule has 1 atom stereocenters. The number of nitrogens with one attached hydrogen (secondary N) is 2. The molecule has 20 heavy (non-hydrogen) atoms. The molecule has 0 aliphatic heterocycles. The standard InChI is InChI=1S/C14H28N4O2/c1-9(2)17-12(15)16-8-11(10-6-7-10)18-13(19)20-14(3,4)5/h9-11H,6-8H2,1-5H3,(H,18,19)(H3,15,16,17). The van der Waals surface area contributed by atoms with Crippen LogP contribution in [0.4, 0.5) is 4.79 Å². The van der Waals surface area contributed by atoms with Crippen LogP contribution in [-0.2, 0) is 4.74 Å². The molecule has 6 nitrogen and oxygen atoms in total. The molecule has 0 aromatic carbocycles. The Labute approximate surface area is 121 Å². The first-order valence-corrected chi connectivity index (χ1v) is 7.23. The molecule has 0 radical (unpaired) electrons. The predicted molar refractivity (Wildman–Crippen MR) is 80.6 cm³/mol. The Kier molecular flexibility index (Phi) is 5.65. The van der Waals surface area contributed by atoms with Gasteiger partial charge in [-0.3, -0.25) is 4.99 Å². The Balaban J connectivity index is 2.47. The van der Waals surface area contributed by atoms with Crippen molar-refractivity contribution in [3.8, 4) is 0 Å². The van der Waals surface area contributed by atoms with E-state index in [1.165, 1.54) is 0 Å². The van der Waals surface area contributed by atoms with Crippen LogP contribution < -0.4 is 16.4 Å². The first kappa shape index (κ1) is 16.6. The van der Waals surface area contributed by atoms with Crippen LogP contribution in [0, 0.1) is 5.92 Å². The molecule has 1 saturated carbocycles. The molecule has 1 unspecified atom stereocenters. The number of amides is 1. The fraction of sp³-hybridized carbons (Fsp3) is 0.857. The minimum Gasteiger partial charge on any atom is -0.444 e. The zero-order valence-electron chi connectivity index (χ0n) is 13.2. The zero-order chi connectivity index (χ0) is 15.3. The third-order valence-corrected chi connectivity index (χ3v) is 2.79. The van der Waals surface area contributed by atoms with E-state index >= 15 is 0 Å². The van der Waals surface area contributed by atoms with E-state index in [0.717, 1.165) is 12.8 Å². The summed E-state index contributed by atoms with van der Waals surface area (Å²) in [5.74, 6) is 0.898. The van der Waals surface area contributed by atoms with Gasteiger partial charge < -0.3 is 21.1 Å². The molecule has 0 heterocycles. The van der Waals surface area contributed by atoms with Crippen LogP contribution in [0.5, 0.6) is 0 Å². The van der Waals surface area contributed by atoms with Gasteiger partial charge >= 0.3 is 6.09 Å². The van der Waals surface area contributed by atoms with Gasteiger partial charge in [0.05, 0.1) is 12.6 Å². The number of alkyl carbamates (subject to hydrolysis) is 1. The van der Waals surface area contributed by atoms with Crippen molar-refractivity contribution >= 4 is 12.1 Å². The summed E-state index contributed by atoms with van der Waals surface area (Å²) >= 11 is 0. The van der Waals surface area contributed by atoms with Crippen molar-refractivity contribution in [3.05, 3.63) is 0 Å². The van der Waals surface area contributed by atoms with Crippen LogP contribution in [0.25, 0.3) is 0 Å². The number of carbonyl (C=O) groups is 1. The van der Waals surface area contributed by atoms with Gasteiger partial charge in [-0.2, -0.15) is 0 Å². The number of hydrogen-bond donors (Lipinski definition) is 3. The predicted octanol–water partition coefficient (Wildman–Crippen LogP) is 1.60. The Hall–Kier alpha value is -1.46. The Morgan fingerprint density at radius 1 is 1.35 bits per heavy atom. The summed E-state index contributed by atoms with van der Waals surface area (Å²) < 4.78 is 5.27. The van der Waals surface area contributed by atoms with E-state index in [1.807, 2.05) is 34.6 Å². The number of rotatable bonds is 5. The molecule has 116 valence electrons. The molecule has 0 aromatic heterocycles. The monoisotopic (exact) mass is 284 g/mol. The van der Waals surface area contributed by atoms with E-state index in [2.05, 4.69) is 15.6 Å². The minimum atomic E-state index is -0.486. The SMILES string of the molecule is CC(C)NC(N)=NCC(NC(=O)OC(C)(C)C)C1CC1. The molecule has 0 spiro atoms. The Morgan fingerprint density at radius 3 is 2.40 bits per heavy atom. The zero-order valence-corrected chi connectivity index (χ0v) is 13.2. The average molecular weight is 284 g/mol. The van der Waals surface area contributed by atoms with Crippen molar-refractivity contribution < 1.29 is 9.53 Å². The first-order valence-electron chi connectivity index (χ1n) is 7.23. The smallest absolute Gasteiger partial charge is 0.407 e. The molecule has 0 saturated heterocycles. The highest BCUT2D eigenvalue weighted by Gasteiger charge is 2.33. The topological polar surface area (TPSA) is 88.7 Å². The van der Waals surface area contributed by atoms with Gasteiger partial charge in [0, 0.05) is 6.04 Å². The molecule has 1 aliphatic carbocycles. The van der Waals surface area contributed by atoms with Crippen molar-refractivity contribution in [1.82, 2.24) is 10.6 Å². The second-order valence-corrected chi connectivity index (χ2v) is 6.62. The van der Waals surface area contributed by atoms with Crippen molar-refractivity contribution in [1.29, 1.82) is 0 Å². The molecule has 1 amide bonds. The number of guanidine groups is 1. The summed E-state index contributed by atoms with van der Waals surface area (Å²) in [6.45, 7) is 10.0. The summed E-state index contributed by atoms with van der Waals surface area (Å²) in [5, 5.41) is 5.93. The van der Waals surface area contributed by atoms with Crippen LogP contribution in [0.1, 0.15) is 47.5 Å². The number of carbonyl (C=O) groups excluding carboxylic acids is 1. The summed E-state index contributed by atoms with van der Waals surface area (Å²) in [6, 6.07) is 0.245. The third-order valence-electron chi connectivity index (χ3n) is 2.79. The van der Waals surface area contributed by atoms with E-state index in [-0.39, 0.29) is 18.2 Å². The van der Waals surface area contributed by atoms with Crippen LogP contribution in [-0.4, -0.2) is 36.3 Å². The van der Waals surface area contributed by atoms with E-state index in [9.17, 15) is 4.79 Å². The fourth-order valence-electron chi connectivity index (χ4n) is 1.81. The maximum atomic E-state index is 11.8. The lowest BCUT2D eigenvalue weighted by Crippen LogP contribution is -2.43. The van der Waals surface area contributed by atoms with Gasteiger partial charge in [-0.15, -0.1) is 0 Å².